The largest absolute Gasteiger partial charge is 0.366 e. The maximum Gasteiger partial charge on any atom is 0.240 e. The predicted octanol–water partition coefficient (Wildman–Crippen LogP) is 3.00. The van der Waals surface area contributed by atoms with Crippen LogP contribution in [0.15, 0.2) is 48.5 Å². The molecule has 5 N–H and O–H groups in total. The van der Waals surface area contributed by atoms with E-state index in [1.165, 1.54) is 0 Å². The molecule has 2 aliphatic heterocycles. The summed E-state index contributed by atoms with van der Waals surface area (Å²) in [5.74, 6) is 1.76. The molecule has 0 bridgehead atoms. The first-order valence-corrected chi connectivity index (χ1v) is 13.8. The van der Waals surface area contributed by atoms with E-state index in [0.29, 0.717) is 78.6 Å². The lowest BCUT2D eigenvalue weighted by molar-refractivity contribution is -0.121. The van der Waals surface area contributed by atoms with Crippen LogP contribution in [0.1, 0.15) is 19.3 Å². The summed E-state index contributed by atoms with van der Waals surface area (Å²) in [7, 11) is 0. The van der Waals surface area contributed by atoms with Crippen LogP contribution < -0.4 is 26.6 Å². The minimum Gasteiger partial charge on any atom is -0.366 e. The van der Waals surface area contributed by atoms with Crippen molar-refractivity contribution in [2.24, 2.45) is 0 Å². The Bertz CT molecular complexity index is 1450. The smallest absolute Gasteiger partial charge is 0.240 e. The van der Waals surface area contributed by atoms with Crippen LogP contribution in [0.3, 0.4) is 0 Å². The Kier molecular flexibility index (Phi) is 8.88. The highest BCUT2D eigenvalue weighted by Crippen LogP contribution is 2.30. The lowest BCUT2D eigenvalue weighted by atomic mass is 10.1. The highest BCUT2D eigenvalue weighted by molar-refractivity contribution is 6.30. The SMILES string of the molecule is Nc1nnc(N2CCC(=O)CC2)c(-c2ccc(Cl)cc2)n1.Nc1nnc(N2CCC(=O)NC2)c(-c2ccc(Cl)cc2)n1. The molecule has 216 valence electrons. The maximum atomic E-state index is 11.4. The third-order valence-corrected chi connectivity index (χ3v) is 7.11. The molecule has 2 aliphatic rings. The van der Waals surface area contributed by atoms with Crippen molar-refractivity contribution in [1.82, 2.24) is 35.7 Å². The molecule has 4 aromatic rings. The highest BCUT2D eigenvalue weighted by atomic mass is 35.5. The summed E-state index contributed by atoms with van der Waals surface area (Å²) in [6.45, 7) is 2.19. The Morgan fingerprint density at radius 2 is 1.10 bits per heavy atom. The predicted molar refractivity (Wildman–Crippen MR) is 161 cm³/mol. The zero-order valence-electron chi connectivity index (χ0n) is 22.4. The normalized spacial score (nSPS) is 15.1. The molecule has 42 heavy (non-hydrogen) atoms. The molecule has 0 atom stereocenters. The highest BCUT2D eigenvalue weighted by Gasteiger charge is 2.23. The third-order valence-electron chi connectivity index (χ3n) is 6.60. The van der Waals surface area contributed by atoms with Crippen LogP contribution in [0, 0.1) is 0 Å². The Hall–Kier alpha value is -4.62. The molecule has 0 aliphatic carbocycles. The van der Waals surface area contributed by atoms with Gasteiger partial charge in [0.25, 0.3) is 0 Å². The number of carbonyl (C=O) groups excluding carboxylic acids is 2. The van der Waals surface area contributed by atoms with E-state index < -0.39 is 0 Å². The molecule has 2 fully saturated rings. The maximum absolute atomic E-state index is 11.4. The van der Waals surface area contributed by atoms with Crippen LogP contribution >= 0.6 is 23.2 Å². The lowest BCUT2D eigenvalue weighted by Gasteiger charge is -2.28. The average molecular weight is 608 g/mol. The topological polar surface area (TPSA) is 182 Å². The summed E-state index contributed by atoms with van der Waals surface area (Å²) in [4.78, 5) is 35.1. The van der Waals surface area contributed by atoms with Gasteiger partial charge in [0.1, 0.15) is 17.2 Å². The molecule has 6 rings (SSSR count). The van der Waals surface area contributed by atoms with E-state index in [0.717, 1.165) is 11.1 Å². The number of nitrogens with two attached hydrogens (primary N) is 2. The van der Waals surface area contributed by atoms with Gasteiger partial charge in [-0.1, -0.05) is 47.5 Å². The summed E-state index contributed by atoms with van der Waals surface area (Å²) in [5, 5.41) is 20.0. The van der Waals surface area contributed by atoms with Crippen LogP contribution in [0.2, 0.25) is 10.0 Å². The van der Waals surface area contributed by atoms with Gasteiger partial charge in [-0.05, 0) is 24.3 Å². The number of hydrogen-bond donors (Lipinski definition) is 3. The molecule has 0 saturated carbocycles. The van der Waals surface area contributed by atoms with Gasteiger partial charge in [0.15, 0.2) is 11.6 Å². The van der Waals surface area contributed by atoms with Crippen molar-refractivity contribution < 1.29 is 9.59 Å². The second kappa shape index (κ2) is 12.9. The molecule has 2 aromatic carbocycles. The third kappa shape index (κ3) is 6.98. The van der Waals surface area contributed by atoms with Gasteiger partial charge in [0.05, 0.1) is 6.67 Å². The fourth-order valence-electron chi connectivity index (χ4n) is 4.43. The summed E-state index contributed by atoms with van der Waals surface area (Å²) in [6.07, 6.45) is 1.45. The zero-order chi connectivity index (χ0) is 29.6. The molecular weight excluding hydrogens is 581 g/mol. The molecule has 4 heterocycles. The molecule has 2 saturated heterocycles. The van der Waals surface area contributed by atoms with Gasteiger partial charge >= 0.3 is 0 Å². The number of nitrogen functional groups attached to an aromatic ring is 2. The number of benzene rings is 2. The van der Waals surface area contributed by atoms with Crippen LogP contribution in [0.5, 0.6) is 0 Å². The number of hydrogen-bond acceptors (Lipinski definition) is 12. The molecule has 0 unspecified atom stereocenters. The van der Waals surface area contributed by atoms with Crippen molar-refractivity contribution >= 4 is 58.4 Å². The number of Topliss-reactive ketones (excluding diaryl/α,β-unsaturated/α-hetero) is 1. The van der Waals surface area contributed by atoms with Gasteiger partial charge in [0, 0.05) is 60.1 Å². The number of carbonyl (C=O) groups is 2. The molecule has 1 amide bonds. The Morgan fingerprint density at radius 3 is 1.55 bits per heavy atom. The minimum absolute atomic E-state index is 0.0238. The molecular formula is C27H27Cl2N11O2. The number of aromatic nitrogens is 6. The monoisotopic (exact) mass is 607 g/mol. The average Bonchev–Trinajstić information content (AvgIpc) is 2.99. The van der Waals surface area contributed by atoms with E-state index in [1.807, 2.05) is 34.1 Å². The van der Waals surface area contributed by atoms with E-state index in [9.17, 15) is 9.59 Å². The lowest BCUT2D eigenvalue weighted by Crippen LogP contribution is -2.45. The molecule has 13 nitrogen and oxygen atoms in total. The van der Waals surface area contributed by atoms with E-state index in [2.05, 4.69) is 35.7 Å². The Labute approximate surface area is 251 Å². The summed E-state index contributed by atoms with van der Waals surface area (Å²) < 4.78 is 0. The van der Waals surface area contributed by atoms with E-state index in [-0.39, 0.29) is 23.6 Å². The number of rotatable bonds is 4. The van der Waals surface area contributed by atoms with Gasteiger partial charge in [0.2, 0.25) is 17.8 Å². The molecule has 15 heteroatoms. The van der Waals surface area contributed by atoms with Gasteiger partial charge in [-0.25, -0.2) is 9.97 Å². The second-order valence-electron chi connectivity index (χ2n) is 9.50. The fraction of sp³-hybridized carbons (Fsp3) is 0.259. The Morgan fingerprint density at radius 1 is 0.643 bits per heavy atom. The summed E-state index contributed by atoms with van der Waals surface area (Å²) in [5.41, 5.74) is 14.3. The van der Waals surface area contributed by atoms with Crippen molar-refractivity contribution in [2.75, 3.05) is 47.6 Å². The van der Waals surface area contributed by atoms with Crippen LogP contribution in [-0.4, -0.2) is 68.4 Å². The van der Waals surface area contributed by atoms with Gasteiger partial charge < -0.3 is 26.6 Å². The van der Waals surface area contributed by atoms with Crippen molar-refractivity contribution in [2.45, 2.75) is 19.3 Å². The van der Waals surface area contributed by atoms with Gasteiger partial charge in [-0.2, -0.15) is 0 Å². The molecule has 0 radical (unpaired) electrons. The number of amides is 1. The standard InChI is InChI=1S/C14H14ClN5O.C13H13ClN6O/c15-10-3-1-9(2-4-10)12-13(18-19-14(16)17-12)20-7-5-11(21)6-8-20;14-9-3-1-8(2-4-9)11-12(18-19-13(15)17-11)20-6-5-10(21)16-7-20/h1-4H,5-8H2,(H2,16,17,19);1-4H,5-7H2,(H,16,21)(H2,15,17,19). The first-order chi connectivity index (χ1) is 20.3. The van der Waals surface area contributed by atoms with Crippen LogP contribution in [0.25, 0.3) is 22.5 Å². The molecule has 2 aromatic heterocycles. The number of nitrogens with one attached hydrogen (secondary N) is 1. The van der Waals surface area contributed by atoms with E-state index in [1.54, 1.807) is 24.3 Å². The molecule has 0 spiro atoms. The number of ketones is 1. The quantitative estimate of drug-likeness (QED) is 0.309. The Balaban J connectivity index is 0.000000168. The number of anilines is 4. The zero-order valence-corrected chi connectivity index (χ0v) is 23.9. The van der Waals surface area contributed by atoms with Crippen LogP contribution in [0.4, 0.5) is 23.5 Å². The number of nitrogens with zero attached hydrogens (tertiary/aromatic N) is 8. The fourth-order valence-corrected chi connectivity index (χ4v) is 4.68. The number of halogens is 2. The van der Waals surface area contributed by atoms with Gasteiger partial charge in [-0.15, -0.1) is 20.4 Å². The van der Waals surface area contributed by atoms with E-state index in [4.69, 9.17) is 34.7 Å². The first kappa shape index (κ1) is 28.9. The van der Waals surface area contributed by atoms with Crippen molar-refractivity contribution in [3.63, 3.8) is 0 Å². The van der Waals surface area contributed by atoms with Crippen molar-refractivity contribution in [3.8, 4) is 22.5 Å². The second-order valence-corrected chi connectivity index (χ2v) is 10.4. The minimum atomic E-state index is 0.0238. The van der Waals surface area contributed by atoms with Crippen LogP contribution in [-0.2, 0) is 9.59 Å². The van der Waals surface area contributed by atoms with Crippen molar-refractivity contribution in [1.29, 1.82) is 0 Å². The summed E-state index contributed by atoms with van der Waals surface area (Å²) in [6, 6.07) is 14.6. The first-order valence-electron chi connectivity index (χ1n) is 13.1. The van der Waals surface area contributed by atoms with Gasteiger partial charge in [-0.3, -0.25) is 9.59 Å². The summed E-state index contributed by atoms with van der Waals surface area (Å²) >= 11 is 11.8. The number of piperidine rings is 1. The van der Waals surface area contributed by atoms with Crippen molar-refractivity contribution in [3.05, 3.63) is 58.6 Å². The van der Waals surface area contributed by atoms with E-state index >= 15 is 0 Å².